The number of fused-ring (bicyclic) bond motifs is 3. The lowest BCUT2D eigenvalue weighted by molar-refractivity contribution is -0.135. The van der Waals surface area contributed by atoms with Crippen LogP contribution < -0.4 is 37.9 Å². The zero-order valence-corrected chi connectivity index (χ0v) is 22.9. The topological polar surface area (TPSA) is 108 Å². The second-order valence-electron chi connectivity index (χ2n) is 8.90. The third-order valence-corrected chi connectivity index (χ3v) is 6.91. The van der Waals surface area contributed by atoms with Crippen LogP contribution in [-0.4, -0.2) is 54.4 Å². The van der Waals surface area contributed by atoms with Crippen molar-refractivity contribution in [2.24, 2.45) is 0 Å². The summed E-state index contributed by atoms with van der Waals surface area (Å²) in [6.07, 6.45) is 1.58. The summed E-state index contributed by atoms with van der Waals surface area (Å²) in [5, 5.41) is 0. The van der Waals surface area contributed by atoms with Gasteiger partial charge in [0.25, 0.3) is 0 Å². The summed E-state index contributed by atoms with van der Waals surface area (Å²) in [5.41, 5.74) is 2.10. The maximum absolute atomic E-state index is 13.5. The number of carbonyl (C=O) groups is 2. The first kappa shape index (κ1) is 26.7. The van der Waals surface area contributed by atoms with Crippen LogP contribution in [0.3, 0.4) is 0 Å². The molecule has 0 fully saturated rings. The van der Waals surface area contributed by atoms with Crippen LogP contribution in [0.15, 0.2) is 42.2 Å². The number of benzene rings is 3. The van der Waals surface area contributed by atoms with Crippen molar-refractivity contribution >= 4 is 17.8 Å². The molecular formula is C30H28O10. The predicted octanol–water partition coefficient (Wildman–Crippen LogP) is 4.80. The highest BCUT2D eigenvalue weighted by Crippen LogP contribution is 2.52. The number of hydrogen-bond donors (Lipinski definition) is 0. The van der Waals surface area contributed by atoms with Crippen LogP contribution in [-0.2, 0) is 4.79 Å². The second-order valence-corrected chi connectivity index (χ2v) is 8.90. The number of rotatable bonds is 8. The Morgan fingerprint density at radius 2 is 1.40 bits per heavy atom. The van der Waals surface area contributed by atoms with Gasteiger partial charge in [0.15, 0.2) is 28.8 Å². The first-order valence-corrected chi connectivity index (χ1v) is 12.3. The van der Waals surface area contributed by atoms with E-state index in [1.165, 1.54) is 42.7 Å². The number of Topliss-reactive ketones (excluding diaryl/α,β-unsaturated/α-hetero) is 1. The highest BCUT2D eigenvalue weighted by atomic mass is 16.5. The van der Waals surface area contributed by atoms with Crippen molar-refractivity contribution in [3.63, 3.8) is 0 Å². The summed E-state index contributed by atoms with van der Waals surface area (Å²) in [5.74, 6) is 2.03. The average Bonchev–Trinajstić information content (AvgIpc) is 3.29. The second kappa shape index (κ2) is 10.7. The fourth-order valence-electron chi connectivity index (χ4n) is 5.08. The zero-order chi connectivity index (χ0) is 28.6. The Balaban J connectivity index is 1.64. The molecule has 0 aliphatic carbocycles. The normalized spacial score (nSPS) is 16.4. The Morgan fingerprint density at radius 1 is 0.725 bits per heavy atom. The van der Waals surface area contributed by atoms with Gasteiger partial charge in [-0.2, -0.15) is 0 Å². The van der Waals surface area contributed by atoms with E-state index in [0.29, 0.717) is 68.2 Å². The third kappa shape index (κ3) is 4.31. The Hall–Kier alpha value is -4.86. The molecule has 0 saturated heterocycles. The number of methoxy groups -OCH3 is 6. The molecule has 2 aliphatic rings. The van der Waals surface area contributed by atoms with Gasteiger partial charge in [0.05, 0.1) is 54.6 Å². The molecule has 0 amide bonds. The van der Waals surface area contributed by atoms with E-state index in [0.717, 1.165) is 0 Å². The zero-order valence-electron chi connectivity index (χ0n) is 22.9. The quantitative estimate of drug-likeness (QED) is 0.221. The largest absolute Gasteiger partial charge is 0.496 e. The van der Waals surface area contributed by atoms with E-state index in [1.54, 1.807) is 42.5 Å². The fraction of sp³-hybridized carbons (Fsp3) is 0.267. The first-order valence-electron chi connectivity index (χ1n) is 12.3. The Morgan fingerprint density at radius 3 is 2.05 bits per heavy atom. The summed E-state index contributed by atoms with van der Waals surface area (Å²) in [7, 11) is 9.10. The van der Waals surface area contributed by atoms with E-state index in [9.17, 15) is 9.59 Å². The summed E-state index contributed by atoms with van der Waals surface area (Å²) < 4.78 is 44.8. The molecule has 0 unspecified atom stereocenters. The van der Waals surface area contributed by atoms with E-state index >= 15 is 0 Å². The van der Waals surface area contributed by atoms with Crippen molar-refractivity contribution in [3.8, 4) is 46.0 Å². The lowest BCUT2D eigenvalue weighted by Crippen LogP contribution is -2.22. The highest BCUT2D eigenvalue weighted by molar-refractivity contribution is 6.15. The highest BCUT2D eigenvalue weighted by Gasteiger charge is 2.40. The third-order valence-electron chi connectivity index (χ3n) is 6.91. The predicted molar refractivity (Wildman–Crippen MR) is 144 cm³/mol. The Bertz CT molecular complexity index is 1540. The maximum Gasteiger partial charge on any atom is 0.312 e. The van der Waals surface area contributed by atoms with Crippen LogP contribution in [0, 0.1) is 0 Å². The van der Waals surface area contributed by atoms with Gasteiger partial charge in [0, 0.05) is 28.7 Å². The van der Waals surface area contributed by atoms with Crippen LogP contribution in [0.5, 0.6) is 46.0 Å². The van der Waals surface area contributed by atoms with E-state index in [1.807, 2.05) is 0 Å². The van der Waals surface area contributed by atoms with Crippen LogP contribution in [0.25, 0.3) is 6.08 Å². The number of allylic oxidation sites excluding steroid dienone is 1. The molecular weight excluding hydrogens is 520 g/mol. The summed E-state index contributed by atoms with van der Waals surface area (Å²) in [4.78, 5) is 26.2. The summed E-state index contributed by atoms with van der Waals surface area (Å²) in [6.45, 7) is 0. The van der Waals surface area contributed by atoms with E-state index in [-0.39, 0.29) is 18.0 Å². The van der Waals surface area contributed by atoms with Gasteiger partial charge in [-0.05, 0) is 36.4 Å². The van der Waals surface area contributed by atoms with Crippen molar-refractivity contribution < 1.29 is 47.5 Å². The SMILES string of the molecule is COc1cc(OC)c([C@@H]2CC(=O)Oc3ccc4c(c32)O/C(=C/c2ccc(OC)c(OC)c2OC)C4=O)cc1OC. The number of hydrogen-bond acceptors (Lipinski definition) is 10. The minimum absolute atomic E-state index is 0.00457. The fourth-order valence-corrected chi connectivity index (χ4v) is 5.08. The first-order chi connectivity index (χ1) is 19.4. The molecule has 3 aromatic carbocycles. The van der Waals surface area contributed by atoms with E-state index < -0.39 is 11.9 Å². The molecule has 0 N–H and O–H groups in total. The molecule has 0 bridgehead atoms. The molecule has 0 saturated carbocycles. The van der Waals surface area contributed by atoms with Crippen LogP contribution in [0.2, 0.25) is 0 Å². The minimum atomic E-state index is -0.552. The van der Waals surface area contributed by atoms with Crippen molar-refractivity contribution in [2.45, 2.75) is 12.3 Å². The molecule has 0 radical (unpaired) electrons. The van der Waals surface area contributed by atoms with Gasteiger partial charge in [0.1, 0.15) is 17.2 Å². The van der Waals surface area contributed by atoms with Crippen LogP contribution >= 0.6 is 0 Å². The molecule has 40 heavy (non-hydrogen) atoms. The van der Waals surface area contributed by atoms with Crippen molar-refractivity contribution in [1.29, 1.82) is 0 Å². The number of ether oxygens (including phenoxy) is 8. The molecule has 5 rings (SSSR count). The van der Waals surface area contributed by atoms with Crippen LogP contribution in [0.4, 0.5) is 0 Å². The van der Waals surface area contributed by atoms with Gasteiger partial charge in [-0.1, -0.05) is 0 Å². The van der Waals surface area contributed by atoms with Gasteiger partial charge < -0.3 is 37.9 Å². The molecule has 0 aromatic heterocycles. The van der Waals surface area contributed by atoms with Gasteiger partial charge in [-0.3, -0.25) is 9.59 Å². The summed E-state index contributed by atoms with van der Waals surface area (Å²) >= 11 is 0. The number of carbonyl (C=O) groups excluding carboxylic acids is 2. The molecule has 3 aromatic rings. The number of ketones is 1. The van der Waals surface area contributed by atoms with Gasteiger partial charge >= 0.3 is 5.97 Å². The van der Waals surface area contributed by atoms with Crippen molar-refractivity contribution in [2.75, 3.05) is 42.7 Å². The van der Waals surface area contributed by atoms with Crippen molar-refractivity contribution in [1.82, 2.24) is 0 Å². The lowest BCUT2D eigenvalue weighted by atomic mass is 9.84. The van der Waals surface area contributed by atoms with Gasteiger partial charge in [-0.15, -0.1) is 0 Å². The smallest absolute Gasteiger partial charge is 0.312 e. The van der Waals surface area contributed by atoms with Crippen LogP contribution in [0.1, 0.15) is 39.4 Å². The average molecular weight is 549 g/mol. The van der Waals surface area contributed by atoms with Crippen molar-refractivity contribution in [3.05, 3.63) is 64.4 Å². The van der Waals surface area contributed by atoms with E-state index in [2.05, 4.69) is 0 Å². The Kier molecular flexibility index (Phi) is 7.17. The molecule has 10 nitrogen and oxygen atoms in total. The molecule has 10 heteroatoms. The molecule has 2 heterocycles. The lowest BCUT2D eigenvalue weighted by Gasteiger charge is -2.28. The minimum Gasteiger partial charge on any atom is -0.496 e. The molecule has 0 spiro atoms. The molecule has 2 aliphatic heterocycles. The van der Waals surface area contributed by atoms with E-state index in [4.69, 9.17) is 37.9 Å². The molecule has 208 valence electrons. The maximum atomic E-state index is 13.5. The standard InChI is InChI=1S/C30H28O10/c1-33-20-9-7-15(28(37-5)30(20)38-6)11-24-27(32)16-8-10-19-26(29(16)40-24)18(13-25(31)39-19)17-12-22(35-3)23(36-4)14-21(17)34-2/h7-12,14,18H,13H2,1-6H3/b24-11+/t18-/m0/s1. The van der Waals surface area contributed by atoms with Gasteiger partial charge in [-0.25, -0.2) is 0 Å². The number of esters is 1. The summed E-state index contributed by atoms with van der Waals surface area (Å²) in [6, 6.07) is 10.1. The Labute approximate surface area is 230 Å². The monoisotopic (exact) mass is 548 g/mol. The molecule has 1 atom stereocenters. The van der Waals surface area contributed by atoms with Gasteiger partial charge in [0.2, 0.25) is 11.5 Å².